The lowest BCUT2D eigenvalue weighted by molar-refractivity contribution is 0.0630. The van der Waals surface area contributed by atoms with Gasteiger partial charge in [0.05, 0.1) is 11.6 Å². The van der Waals surface area contributed by atoms with Crippen molar-refractivity contribution >= 4 is 16.8 Å². The molecule has 1 aromatic carbocycles. The van der Waals surface area contributed by atoms with Crippen LogP contribution in [0.15, 0.2) is 24.3 Å². The summed E-state index contributed by atoms with van der Waals surface area (Å²) in [5.41, 5.74) is 3.78. The maximum atomic E-state index is 12.6. The number of benzene rings is 1. The largest absolute Gasteiger partial charge is 0.310 e. The molecule has 4 heterocycles. The molecule has 1 N–H and O–H groups in total. The van der Waals surface area contributed by atoms with E-state index in [9.17, 15) is 4.79 Å². The van der Waals surface area contributed by atoms with Crippen LogP contribution in [0.5, 0.6) is 0 Å². The van der Waals surface area contributed by atoms with Crippen molar-refractivity contribution in [3.05, 3.63) is 35.5 Å². The number of hydrogen-bond donors (Lipinski definition) is 1. The van der Waals surface area contributed by atoms with E-state index in [2.05, 4.69) is 28.4 Å². The van der Waals surface area contributed by atoms with Crippen LogP contribution in [0.4, 0.5) is 0 Å². The number of nitrogens with zero attached hydrogens (tertiary/aromatic N) is 2. The van der Waals surface area contributed by atoms with E-state index in [1.54, 1.807) is 0 Å². The normalized spacial score (nSPS) is 28.7. The minimum absolute atomic E-state index is 0.250. The molecule has 1 aromatic heterocycles. The standard InChI is InChI=1S/C16H17N3O/c20-14-9-12-16-15-11(5-7-18(16)8-6-17-12)10-3-1-2-4-13(10)19(14)15/h1-4,12,16-17H,5-9H2/t12-,16-/m1/s1. The Bertz CT molecular complexity index is 733. The summed E-state index contributed by atoms with van der Waals surface area (Å²) in [5.74, 6) is 0.250. The van der Waals surface area contributed by atoms with Crippen molar-refractivity contribution in [2.45, 2.75) is 24.9 Å². The quantitative estimate of drug-likeness (QED) is 0.787. The number of carbonyl (C=O) groups is 1. The molecule has 0 spiro atoms. The average Bonchev–Trinajstić information content (AvgIpc) is 2.82. The molecule has 1 fully saturated rings. The molecule has 4 heteroatoms. The van der Waals surface area contributed by atoms with E-state index in [4.69, 9.17) is 0 Å². The number of fused-ring (bicyclic) bond motifs is 3. The predicted molar refractivity (Wildman–Crippen MR) is 77.0 cm³/mol. The maximum Gasteiger partial charge on any atom is 0.233 e. The molecule has 2 atom stereocenters. The minimum Gasteiger partial charge on any atom is -0.310 e. The van der Waals surface area contributed by atoms with Gasteiger partial charge in [-0.3, -0.25) is 14.3 Å². The second-order valence-electron chi connectivity index (χ2n) is 6.11. The number of para-hydroxylation sites is 1. The number of aromatic nitrogens is 1. The molecule has 0 amide bonds. The number of hydrogen-bond acceptors (Lipinski definition) is 3. The Morgan fingerprint density at radius 1 is 1.20 bits per heavy atom. The third-order valence-electron chi connectivity index (χ3n) is 5.17. The summed E-state index contributed by atoms with van der Waals surface area (Å²) in [4.78, 5) is 15.2. The Balaban J connectivity index is 1.88. The van der Waals surface area contributed by atoms with E-state index in [0.29, 0.717) is 18.5 Å². The number of piperazine rings is 1. The van der Waals surface area contributed by atoms with Crippen molar-refractivity contribution in [3.8, 4) is 0 Å². The van der Waals surface area contributed by atoms with Crippen molar-refractivity contribution in [2.24, 2.45) is 0 Å². The Morgan fingerprint density at radius 2 is 2.10 bits per heavy atom. The van der Waals surface area contributed by atoms with Gasteiger partial charge in [0, 0.05) is 43.2 Å². The summed E-state index contributed by atoms with van der Waals surface area (Å²) < 4.78 is 2.00. The van der Waals surface area contributed by atoms with Crippen molar-refractivity contribution in [2.75, 3.05) is 19.6 Å². The van der Waals surface area contributed by atoms with Gasteiger partial charge in [0.25, 0.3) is 0 Å². The minimum atomic E-state index is 0.250. The van der Waals surface area contributed by atoms with Gasteiger partial charge in [-0.1, -0.05) is 18.2 Å². The predicted octanol–water partition coefficient (Wildman–Crippen LogP) is 1.56. The molecule has 3 aliphatic heterocycles. The molecule has 0 unspecified atom stereocenters. The summed E-state index contributed by atoms with van der Waals surface area (Å²) >= 11 is 0. The molecule has 102 valence electrons. The molecule has 0 saturated carbocycles. The fourth-order valence-corrected chi connectivity index (χ4v) is 4.40. The lowest BCUT2D eigenvalue weighted by atomic mass is 9.87. The van der Waals surface area contributed by atoms with Crippen LogP contribution in [0, 0.1) is 0 Å². The molecule has 0 aliphatic carbocycles. The molecule has 0 bridgehead atoms. The molecule has 2 aromatic rings. The first-order valence-corrected chi connectivity index (χ1v) is 7.47. The van der Waals surface area contributed by atoms with Crippen LogP contribution in [0.1, 0.15) is 28.5 Å². The molecular weight excluding hydrogens is 250 g/mol. The third-order valence-corrected chi connectivity index (χ3v) is 5.17. The van der Waals surface area contributed by atoms with Crippen LogP contribution < -0.4 is 5.32 Å². The van der Waals surface area contributed by atoms with Crippen LogP contribution >= 0.6 is 0 Å². The molecule has 20 heavy (non-hydrogen) atoms. The summed E-state index contributed by atoms with van der Waals surface area (Å²) in [7, 11) is 0. The summed E-state index contributed by atoms with van der Waals surface area (Å²) in [6.45, 7) is 3.22. The van der Waals surface area contributed by atoms with Crippen molar-refractivity contribution in [1.29, 1.82) is 0 Å². The second kappa shape index (κ2) is 3.71. The fraction of sp³-hybridized carbons (Fsp3) is 0.438. The zero-order chi connectivity index (χ0) is 13.3. The summed E-state index contributed by atoms with van der Waals surface area (Å²) in [6.07, 6.45) is 1.69. The molecule has 5 rings (SSSR count). The van der Waals surface area contributed by atoms with E-state index in [1.165, 1.54) is 16.6 Å². The van der Waals surface area contributed by atoms with Gasteiger partial charge in [-0.2, -0.15) is 0 Å². The van der Waals surface area contributed by atoms with Gasteiger partial charge in [-0.25, -0.2) is 0 Å². The van der Waals surface area contributed by atoms with Gasteiger partial charge in [-0.05, 0) is 18.1 Å². The van der Waals surface area contributed by atoms with Gasteiger partial charge in [0.15, 0.2) is 0 Å². The van der Waals surface area contributed by atoms with E-state index in [-0.39, 0.29) is 5.91 Å². The van der Waals surface area contributed by atoms with Gasteiger partial charge in [0.2, 0.25) is 5.91 Å². The van der Waals surface area contributed by atoms with Crippen LogP contribution in [0.2, 0.25) is 0 Å². The maximum absolute atomic E-state index is 12.6. The Hall–Kier alpha value is -1.65. The first kappa shape index (κ1) is 11.1. The lowest BCUT2D eigenvalue weighted by Crippen LogP contribution is -2.58. The van der Waals surface area contributed by atoms with E-state index in [0.717, 1.165) is 31.6 Å². The highest BCUT2D eigenvalue weighted by Crippen LogP contribution is 2.43. The molecule has 4 nitrogen and oxygen atoms in total. The van der Waals surface area contributed by atoms with Gasteiger partial charge in [-0.15, -0.1) is 0 Å². The number of rotatable bonds is 0. The zero-order valence-corrected chi connectivity index (χ0v) is 11.3. The fourth-order valence-electron chi connectivity index (χ4n) is 4.40. The smallest absolute Gasteiger partial charge is 0.233 e. The van der Waals surface area contributed by atoms with Gasteiger partial charge in [0.1, 0.15) is 0 Å². The molecule has 3 aliphatic rings. The van der Waals surface area contributed by atoms with Crippen molar-refractivity contribution in [1.82, 2.24) is 14.8 Å². The third kappa shape index (κ3) is 1.21. The van der Waals surface area contributed by atoms with E-state index in [1.807, 2.05) is 10.6 Å². The van der Waals surface area contributed by atoms with Crippen molar-refractivity contribution in [3.63, 3.8) is 0 Å². The highest BCUT2D eigenvalue weighted by Gasteiger charge is 2.44. The monoisotopic (exact) mass is 267 g/mol. The molecule has 1 saturated heterocycles. The zero-order valence-electron chi connectivity index (χ0n) is 11.3. The SMILES string of the molecule is O=C1C[C@H]2NCCN3CCc4c(n1c1ccccc41)[C@@H]23. The van der Waals surface area contributed by atoms with Crippen LogP contribution in [-0.2, 0) is 6.42 Å². The molecule has 0 radical (unpaired) electrons. The first-order chi connectivity index (χ1) is 9.84. The number of nitrogens with one attached hydrogen (secondary N) is 1. The molecular formula is C16H17N3O. The van der Waals surface area contributed by atoms with E-state index < -0.39 is 0 Å². The van der Waals surface area contributed by atoms with Crippen LogP contribution in [-0.4, -0.2) is 41.1 Å². The Morgan fingerprint density at radius 3 is 3.05 bits per heavy atom. The highest BCUT2D eigenvalue weighted by molar-refractivity contribution is 5.97. The van der Waals surface area contributed by atoms with Crippen LogP contribution in [0.3, 0.4) is 0 Å². The first-order valence-electron chi connectivity index (χ1n) is 7.47. The van der Waals surface area contributed by atoms with Crippen LogP contribution in [0.25, 0.3) is 10.9 Å². The Labute approximate surface area is 117 Å². The van der Waals surface area contributed by atoms with Gasteiger partial charge < -0.3 is 5.32 Å². The average molecular weight is 267 g/mol. The number of carbonyl (C=O) groups excluding carboxylic acids is 1. The summed E-state index contributed by atoms with van der Waals surface area (Å²) in [5, 5.41) is 4.83. The van der Waals surface area contributed by atoms with Gasteiger partial charge >= 0.3 is 0 Å². The highest BCUT2D eigenvalue weighted by atomic mass is 16.2. The topological polar surface area (TPSA) is 37.3 Å². The van der Waals surface area contributed by atoms with Crippen molar-refractivity contribution < 1.29 is 4.79 Å². The second-order valence-corrected chi connectivity index (χ2v) is 6.11. The lowest BCUT2D eigenvalue weighted by Gasteiger charge is -2.47. The Kier molecular flexibility index (Phi) is 2.05. The summed E-state index contributed by atoms with van der Waals surface area (Å²) in [6, 6.07) is 9.06. The van der Waals surface area contributed by atoms with E-state index >= 15 is 0 Å².